The van der Waals surface area contributed by atoms with Crippen LogP contribution in [0.5, 0.6) is 0 Å². The molecule has 3 nitrogen and oxygen atoms in total. The first-order valence-electron chi connectivity index (χ1n) is 5.89. The molecule has 20 heavy (non-hydrogen) atoms. The second-order valence-electron chi connectivity index (χ2n) is 4.44. The molecule has 3 aromatic rings. The summed E-state index contributed by atoms with van der Waals surface area (Å²) in [4.78, 5) is 4.83. The second kappa shape index (κ2) is 4.89. The van der Waals surface area contributed by atoms with E-state index >= 15 is 0 Å². The highest BCUT2D eigenvalue weighted by Crippen LogP contribution is 2.33. The molecule has 0 spiro atoms. The fourth-order valence-electron chi connectivity index (χ4n) is 1.98. The largest absolute Gasteiger partial charge is 0.302 e. The van der Waals surface area contributed by atoms with E-state index in [-0.39, 0.29) is 4.90 Å². The molecule has 0 fully saturated rings. The highest BCUT2D eigenvalue weighted by Gasteiger charge is 2.12. The van der Waals surface area contributed by atoms with Gasteiger partial charge in [0.2, 0.25) is 0 Å². The van der Waals surface area contributed by atoms with E-state index in [1.165, 1.54) is 0 Å². The van der Waals surface area contributed by atoms with Gasteiger partial charge in [0.1, 0.15) is 5.01 Å². The van der Waals surface area contributed by atoms with Crippen LogP contribution in [0.3, 0.4) is 0 Å². The molecule has 0 radical (unpaired) electrons. The smallest absolute Gasteiger partial charge is 0.171 e. The number of thiazole rings is 1. The first-order valence-corrected chi connectivity index (χ1v) is 9.15. The normalized spacial score (nSPS) is 14.3. The van der Waals surface area contributed by atoms with E-state index < -0.39 is 8.77 Å². The standard InChI is InChI=1S/C14H11NO2S3/c1-9-6-7-10(20(16,17)18)8-11(9)14-15-12-4-2-3-5-13(12)19-14/h2-8H,1H3,(H,16,17,18). The third-order valence-electron chi connectivity index (χ3n) is 3.03. The average molecular weight is 321 g/mol. The quantitative estimate of drug-likeness (QED) is 0.779. The number of nitrogens with zero attached hydrogens (tertiary/aromatic N) is 1. The SMILES string of the molecule is Cc1ccc(S(=O)(O)=S)cc1-c1nc2ccccc2s1. The molecular formula is C14H11NO2S3. The molecule has 2 aromatic carbocycles. The van der Waals surface area contributed by atoms with Crippen molar-refractivity contribution in [1.29, 1.82) is 0 Å². The summed E-state index contributed by atoms with van der Waals surface area (Å²) < 4.78 is 22.2. The van der Waals surface area contributed by atoms with Crippen molar-refractivity contribution in [3.05, 3.63) is 48.0 Å². The van der Waals surface area contributed by atoms with Crippen molar-refractivity contribution in [3.63, 3.8) is 0 Å². The first-order chi connectivity index (χ1) is 9.45. The van der Waals surface area contributed by atoms with Gasteiger partial charge in [-0.25, -0.2) is 9.19 Å². The van der Waals surface area contributed by atoms with Crippen LogP contribution in [0, 0.1) is 6.92 Å². The van der Waals surface area contributed by atoms with Crippen LogP contribution in [0.25, 0.3) is 20.8 Å². The van der Waals surface area contributed by atoms with Crippen molar-refractivity contribution < 1.29 is 8.76 Å². The molecule has 1 N–H and O–H groups in total. The fourth-order valence-corrected chi connectivity index (χ4v) is 3.84. The van der Waals surface area contributed by atoms with E-state index in [1.54, 1.807) is 29.5 Å². The Hall–Kier alpha value is -1.34. The monoisotopic (exact) mass is 321 g/mol. The van der Waals surface area contributed by atoms with Crippen LogP contribution in [-0.2, 0) is 20.0 Å². The molecule has 102 valence electrons. The number of para-hydroxylation sites is 1. The van der Waals surface area contributed by atoms with Gasteiger partial charge in [0.05, 0.1) is 15.1 Å². The van der Waals surface area contributed by atoms with Gasteiger partial charge in [-0.2, -0.15) is 0 Å². The van der Waals surface area contributed by atoms with Crippen LogP contribution in [0.2, 0.25) is 0 Å². The van der Waals surface area contributed by atoms with Crippen LogP contribution < -0.4 is 0 Å². The third-order valence-corrected chi connectivity index (χ3v) is 5.53. The van der Waals surface area contributed by atoms with Crippen LogP contribution in [-0.4, -0.2) is 13.7 Å². The number of fused-ring (bicyclic) bond motifs is 1. The zero-order chi connectivity index (χ0) is 14.3. The lowest BCUT2D eigenvalue weighted by molar-refractivity contribution is 0.561. The summed E-state index contributed by atoms with van der Waals surface area (Å²) in [5.74, 6) is 0. The summed E-state index contributed by atoms with van der Waals surface area (Å²) in [6.45, 7) is 1.95. The highest BCUT2D eigenvalue weighted by molar-refractivity contribution is 8.29. The predicted molar refractivity (Wildman–Crippen MR) is 86.2 cm³/mol. The maximum atomic E-state index is 11.6. The maximum absolute atomic E-state index is 11.6. The van der Waals surface area contributed by atoms with Crippen molar-refractivity contribution in [2.24, 2.45) is 0 Å². The highest BCUT2D eigenvalue weighted by atomic mass is 32.8. The van der Waals surface area contributed by atoms with E-state index in [4.69, 9.17) is 0 Å². The Morgan fingerprint density at radius 3 is 2.70 bits per heavy atom. The summed E-state index contributed by atoms with van der Waals surface area (Å²) in [5, 5.41) is 0.837. The van der Waals surface area contributed by atoms with Crippen molar-refractivity contribution in [2.75, 3.05) is 0 Å². The van der Waals surface area contributed by atoms with Crippen LogP contribution >= 0.6 is 11.3 Å². The Labute approximate surface area is 125 Å². The lowest BCUT2D eigenvalue weighted by Crippen LogP contribution is -1.97. The van der Waals surface area contributed by atoms with Gasteiger partial charge >= 0.3 is 0 Å². The Kier molecular flexibility index (Phi) is 3.33. The number of aromatic nitrogens is 1. The van der Waals surface area contributed by atoms with Gasteiger partial charge in [-0.05, 0) is 36.8 Å². The lowest BCUT2D eigenvalue weighted by Gasteiger charge is -2.05. The number of hydrogen-bond acceptors (Lipinski definition) is 4. The molecule has 0 bridgehead atoms. The second-order valence-corrected chi connectivity index (χ2v) is 8.25. The van der Waals surface area contributed by atoms with Crippen molar-refractivity contribution in [1.82, 2.24) is 4.98 Å². The van der Waals surface area contributed by atoms with Crippen molar-refractivity contribution in [3.8, 4) is 10.6 Å². The maximum Gasteiger partial charge on any atom is 0.171 e. The molecule has 0 aliphatic heterocycles. The third kappa shape index (κ3) is 2.47. The van der Waals surface area contributed by atoms with E-state index in [2.05, 4.69) is 16.2 Å². The zero-order valence-corrected chi connectivity index (χ0v) is 13.0. The fraction of sp³-hybridized carbons (Fsp3) is 0.0714. The van der Waals surface area contributed by atoms with E-state index in [0.29, 0.717) is 0 Å². The molecule has 6 heteroatoms. The molecule has 1 unspecified atom stereocenters. The topological polar surface area (TPSA) is 50.2 Å². The predicted octanol–water partition coefficient (Wildman–Crippen LogP) is 3.85. The Balaban J connectivity index is 2.23. The summed E-state index contributed by atoms with van der Waals surface area (Å²) in [5.41, 5.74) is 2.79. The molecule has 1 heterocycles. The number of benzene rings is 2. The van der Waals surface area contributed by atoms with E-state index in [9.17, 15) is 8.76 Å². The van der Waals surface area contributed by atoms with Crippen LogP contribution in [0.1, 0.15) is 5.56 Å². The molecule has 0 saturated carbocycles. The number of hydrogen-bond donors (Lipinski definition) is 1. The number of rotatable bonds is 2. The lowest BCUT2D eigenvalue weighted by atomic mass is 10.1. The molecule has 0 aliphatic carbocycles. The minimum absolute atomic E-state index is 0.257. The molecule has 3 rings (SSSR count). The van der Waals surface area contributed by atoms with Gasteiger partial charge < -0.3 is 4.55 Å². The first kappa shape index (κ1) is 13.6. The van der Waals surface area contributed by atoms with Crippen molar-refractivity contribution >= 4 is 41.5 Å². The van der Waals surface area contributed by atoms with Gasteiger partial charge in [0, 0.05) is 16.8 Å². The number of aryl methyl sites for hydroxylation is 1. The van der Waals surface area contributed by atoms with E-state index in [0.717, 1.165) is 26.4 Å². The van der Waals surface area contributed by atoms with Gasteiger partial charge in [0.15, 0.2) is 8.77 Å². The van der Waals surface area contributed by atoms with Gasteiger partial charge in [-0.3, -0.25) is 0 Å². The van der Waals surface area contributed by atoms with Crippen LogP contribution in [0.15, 0.2) is 47.4 Å². The Bertz CT molecular complexity index is 865. The zero-order valence-electron chi connectivity index (χ0n) is 10.6. The van der Waals surface area contributed by atoms with Crippen LogP contribution in [0.4, 0.5) is 0 Å². The van der Waals surface area contributed by atoms with Crippen molar-refractivity contribution in [2.45, 2.75) is 11.8 Å². The molecular weight excluding hydrogens is 310 g/mol. The summed E-state index contributed by atoms with van der Waals surface area (Å²) in [6, 6.07) is 13.0. The summed E-state index contributed by atoms with van der Waals surface area (Å²) in [7, 11) is -3.37. The minimum Gasteiger partial charge on any atom is -0.302 e. The summed E-state index contributed by atoms with van der Waals surface area (Å²) in [6.07, 6.45) is 0. The van der Waals surface area contributed by atoms with Gasteiger partial charge in [-0.15, -0.1) is 11.3 Å². The molecule has 0 aliphatic rings. The average Bonchev–Trinajstić information content (AvgIpc) is 2.81. The molecule has 1 atom stereocenters. The summed E-state index contributed by atoms with van der Waals surface area (Å²) >= 11 is 6.20. The van der Waals surface area contributed by atoms with Gasteiger partial charge in [0.25, 0.3) is 0 Å². The molecule has 1 aromatic heterocycles. The molecule has 0 saturated heterocycles. The Morgan fingerprint density at radius 1 is 1.25 bits per heavy atom. The van der Waals surface area contributed by atoms with E-state index in [1.807, 2.05) is 31.2 Å². The Morgan fingerprint density at radius 2 is 2.00 bits per heavy atom. The van der Waals surface area contributed by atoms with Gasteiger partial charge in [-0.1, -0.05) is 18.2 Å². The minimum atomic E-state index is -3.37. The molecule has 0 amide bonds.